The molecule has 104 valence electrons. The molecule has 0 bridgehead atoms. The fraction of sp³-hybridized carbons (Fsp3) is 0.333. The lowest BCUT2D eigenvalue weighted by Crippen LogP contribution is -2.33. The number of benzene rings is 1. The van der Waals surface area contributed by atoms with Crippen LogP contribution in [0.5, 0.6) is 0 Å². The molecule has 1 rings (SSSR count). The molecule has 1 aromatic rings. The number of carboxylic acids is 1. The molecular formula is C12H15BrN2O4. The molecule has 1 atom stereocenters. The summed E-state index contributed by atoms with van der Waals surface area (Å²) in [6, 6.07) is 5.01. The summed E-state index contributed by atoms with van der Waals surface area (Å²) < 4.78 is 0.851. The second-order valence-electron chi connectivity index (χ2n) is 4.04. The molecular weight excluding hydrogens is 316 g/mol. The van der Waals surface area contributed by atoms with Crippen LogP contribution in [0.2, 0.25) is 0 Å². The topological polar surface area (TPSA) is 98.7 Å². The van der Waals surface area contributed by atoms with Crippen molar-refractivity contribution in [3.05, 3.63) is 28.2 Å². The van der Waals surface area contributed by atoms with Gasteiger partial charge in [-0.25, -0.2) is 9.59 Å². The second-order valence-corrected chi connectivity index (χ2v) is 4.96. The maximum absolute atomic E-state index is 11.5. The number of amides is 2. The zero-order valence-corrected chi connectivity index (χ0v) is 11.9. The summed E-state index contributed by atoms with van der Waals surface area (Å²) in [5, 5.41) is 22.6. The van der Waals surface area contributed by atoms with Gasteiger partial charge in [0.15, 0.2) is 6.10 Å². The van der Waals surface area contributed by atoms with Crippen LogP contribution in [0.1, 0.15) is 12.0 Å². The number of aliphatic hydroxyl groups excluding tert-OH is 1. The van der Waals surface area contributed by atoms with Gasteiger partial charge in [0, 0.05) is 23.1 Å². The number of aryl methyl sites for hydroxylation is 1. The molecule has 4 N–H and O–H groups in total. The number of carbonyl (C=O) groups is 2. The third-order valence-electron chi connectivity index (χ3n) is 2.29. The van der Waals surface area contributed by atoms with E-state index < -0.39 is 18.1 Å². The molecule has 0 heterocycles. The van der Waals surface area contributed by atoms with E-state index >= 15 is 0 Å². The van der Waals surface area contributed by atoms with Crippen LogP contribution in [0.4, 0.5) is 10.5 Å². The summed E-state index contributed by atoms with van der Waals surface area (Å²) in [7, 11) is 0. The first-order valence-electron chi connectivity index (χ1n) is 5.61. The Morgan fingerprint density at radius 3 is 2.63 bits per heavy atom. The van der Waals surface area contributed by atoms with Gasteiger partial charge in [0.05, 0.1) is 0 Å². The lowest BCUT2D eigenvalue weighted by molar-refractivity contribution is -0.146. The fourth-order valence-electron chi connectivity index (χ4n) is 1.43. The van der Waals surface area contributed by atoms with Crippen molar-refractivity contribution in [3.63, 3.8) is 0 Å². The summed E-state index contributed by atoms with van der Waals surface area (Å²) in [4.78, 5) is 21.9. The number of nitrogens with one attached hydrogen (secondary N) is 2. The highest BCUT2D eigenvalue weighted by Crippen LogP contribution is 2.18. The van der Waals surface area contributed by atoms with Gasteiger partial charge in [0.2, 0.25) is 0 Å². The third-order valence-corrected chi connectivity index (χ3v) is 2.75. The van der Waals surface area contributed by atoms with Crippen LogP contribution >= 0.6 is 15.9 Å². The summed E-state index contributed by atoms with van der Waals surface area (Å²) in [6.07, 6.45) is -1.51. The highest BCUT2D eigenvalue weighted by atomic mass is 79.9. The lowest BCUT2D eigenvalue weighted by atomic mass is 10.2. The Kier molecular flexibility index (Phi) is 5.78. The quantitative estimate of drug-likeness (QED) is 0.660. The van der Waals surface area contributed by atoms with E-state index in [2.05, 4.69) is 26.6 Å². The third kappa shape index (κ3) is 5.71. The monoisotopic (exact) mass is 330 g/mol. The van der Waals surface area contributed by atoms with Crippen LogP contribution in [-0.4, -0.2) is 34.9 Å². The molecule has 0 saturated carbocycles. The number of rotatable bonds is 5. The van der Waals surface area contributed by atoms with Crippen LogP contribution < -0.4 is 10.6 Å². The number of anilines is 1. The van der Waals surface area contributed by atoms with Gasteiger partial charge in [-0.05, 0) is 30.7 Å². The molecule has 6 nitrogen and oxygen atoms in total. The van der Waals surface area contributed by atoms with Gasteiger partial charge >= 0.3 is 12.0 Å². The minimum absolute atomic E-state index is 0.0414. The molecule has 19 heavy (non-hydrogen) atoms. The summed E-state index contributed by atoms with van der Waals surface area (Å²) in [5.74, 6) is -1.30. The Hall–Kier alpha value is -1.60. The Labute approximate surface area is 118 Å². The zero-order valence-electron chi connectivity index (χ0n) is 10.3. The molecule has 7 heteroatoms. The van der Waals surface area contributed by atoms with Crippen molar-refractivity contribution >= 4 is 33.6 Å². The lowest BCUT2D eigenvalue weighted by Gasteiger charge is -2.09. The van der Waals surface area contributed by atoms with Gasteiger partial charge in [0.1, 0.15) is 0 Å². The Balaban J connectivity index is 2.41. The number of aliphatic hydroxyl groups is 1. The minimum atomic E-state index is -1.46. The van der Waals surface area contributed by atoms with E-state index in [0.29, 0.717) is 5.69 Å². The molecule has 0 saturated heterocycles. The number of carboxylic acid groups (broad SMARTS) is 1. The average molecular weight is 331 g/mol. The summed E-state index contributed by atoms with van der Waals surface area (Å²) >= 11 is 3.32. The number of urea groups is 1. The molecule has 0 aliphatic heterocycles. The second kappa shape index (κ2) is 7.10. The van der Waals surface area contributed by atoms with E-state index in [1.54, 1.807) is 12.1 Å². The van der Waals surface area contributed by atoms with E-state index in [1.807, 2.05) is 13.0 Å². The van der Waals surface area contributed by atoms with Crippen LogP contribution in [0.25, 0.3) is 0 Å². The van der Waals surface area contributed by atoms with Crippen molar-refractivity contribution in [3.8, 4) is 0 Å². The van der Waals surface area contributed by atoms with Gasteiger partial charge in [-0.1, -0.05) is 15.9 Å². The molecule has 0 aliphatic carbocycles. The van der Waals surface area contributed by atoms with E-state index in [4.69, 9.17) is 10.2 Å². The van der Waals surface area contributed by atoms with Gasteiger partial charge in [-0.2, -0.15) is 0 Å². The number of halogens is 1. The van der Waals surface area contributed by atoms with Crippen LogP contribution in [0.15, 0.2) is 22.7 Å². The molecule has 0 aliphatic rings. The molecule has 0 fully saturated rings. The van der Waals surface area contributed by atoms with Crippen molar-refractivity contribution in [1.82, 2.24) is 5.32 Å². The highest BCUT2D eigenvalue weighted by molar-refractivity contribution is 9.10. The van der Waals surface area contributed by atoms with Gasteiger partial charge in [-0.15, -0.1) is 0 Å². The molecule has 0 spiro atoms. The summed E-state index contributed by atoms with van der Waals surface area (Å²) in [6.45, 7) is 1.98. The largest absolute Gasteiger partial charge is 0.479 e. The van der Waals surface area contributed by atoms with E-state index in [1.165, 1.54) is 0 Å². The zero-order chi connectivity index (χ0) is 14.4. The van der Waals surface area contributed by atoms with Crippen molar-refractivity contribution in [2.24, 2.45) is 0 Å². The van der Waals surface area contributed by atoms with Crippen molar-refractivity contribution in [2.75, 3.05) is 11.9 Å². The Morgan fingerprint density at radius 2 is 2.05 bits per heavy atom. The highest BCUT2D eigenvalue weighted by Gasteiger charge is 2.12. The normalized spacial score (nSPS) is 11.7. The van der Waals surface area contributed by atoms with Crippen LogP contribution in [0.3, 0.4) is 0 Å². The fourth-order valence-corrected chi connectivity index (χ4v) is 2.04. The molecule has 2 amide bonds. The van der Waals surface area contributed by atoms with Crippen molar-refractivity contribution in [2.45, 2.75) is 19.4 Å². The van der Waals surface area contributed by atoms with E-state index in [-0.39, 0.29) is 13.0 Å². The first-order valence-corrected chi connectivity index (χ1v) is 6.40. The maximum atomic E-state index is 11.5. The van der Waals surface area contributed by atoms with Gasteiger partial charge in [0.25, 0.3) is 0 Å². The minimum Gasteiger partial charge on any atom is -0.479 e. The van der Waals surface area contributed by atoms with Crippen molar-refractivity contribution < 1.29 is 19.8 Å². The predicted molar refractivity (Wildman–Crippen MR) is 74.2 cm³/mol. The van der Waals surface area contributed by atoms with Crippen LogP contribution in [-0.2, 0) is 4.79 Å². The number of carbonyl (C=O) groups excluding carboxylic acids is 1. The SMILES string of the molecule is Cc1cc(Br)cc(NC(=O)NCCC(O)C(=O)O)c1. The smallest absolute Gasteiger partial charge is 0.332 e. The van der Waals surface area contributed by atoms with E-state index in [9.17, 15) is 9.59 Å². The molecule has 1 aromatic carbocycles. The average Bonchev–Trinajstić information content (AvgIpc) is 2.26. The number of hydrogen-bond acceptors (Lipinski definition) is 3. The first-order chi connectivity index (χ1) is 8.88. The first kappa shape index (κ1) is 15.5. The van der Waals surface area contributed by atoms with Crippen LogP contribution in [0, 0.1) is 6.92 Å². The standard InChI is InChI=1S/C12H15BrN2O4/c1-7-4-8(13)6-9(5-7)15-12(19)14-3-2-10(16)11(17)18/h4-6,10,16H,2-3H2,1H3,(H,17,18)(H2,14,15,19). The number of hydrogen-bond donors (Lipinski definition) is 4. The molecule has 1 unspecified atom stereocenters. The Morgan fingerprint density at radius 1 is 1.37 bits per heavy atom. The number of aliphatic carboxylic acids is 1. The van der Waals surface area contributed by atoms with Gasteiger partial charge < -0.3 is 20.8 Å². The van der Waals surface area contributed by atoms with E-state index in [0.717, 1.165) is 10.0 Å². The van der Waals surface area contributed by atoms with Crippen molar-refractivity contribution in [1.29, 1.82) is 0 Å². The maximum Gasteiger partial charge on any atom is 0.332 e. The Bertz CT molecular complexity index is 459. The predicted octanol–water partition coefficient (Wildman–Crippen LogP) is 1.71. The molecule has 0 aromatic heterocycles. The van der Waals surface area contributed by atoms with Gasteiger partial charge in [-0.3, -0.25) is 0 Å². The summed E-state index contributed by atoms with van der Waals surface area (Å²) in [5.41, 5.74) is 1.62. The molecule has 0 radical (unpaired) electrons.